The summed E-state index contributed by atoms with van der Waals surface area (Å²) in [5.41, 5.74) is 1.90. The lowest BCUT2D eigenvalue weighted by Gasteiger charge is -2.20. The van der Waals surface area contributed by atoms with Crippen molar-refractivity contribution in [3.63, 3.8) is 0 Å². The fraction of sp³-hybridized carbons (Fsp3) is 0.529. The quantitative estimate of drug-likeness (QED) is 0.723. The van der Waals surface area contributed by atoms with Crippen LogP contribution in [0.5, 0.6) is 0 Å². The van der Waals surface area contributed by atoms with Crippen molar-refractivity contribution in [2.45, 2.75) is 45.2 Å². The van der Waals surface area contributed by atoms with Crippen molar-refractivity contribution < 1.29 is 9.59 Å². The normalized spacial score (nSPS) is 13.7. The van der Waals surface area contributed by atoms with Crippen LogP contribution >= 0.6 is 0 Å². The predicted molar refractivity (Wildman–Crippen MR) is 87.5 cm³/mol. The first kappa shape index (κ1) is 16.5. The van der Waals surface area contributed by atoms with Crippen molar-refractivity contribution in [1.82, 2.24) is 10.2 Å². The SMILES string of the molecule is CNCCCC(=O)Nc1ccc(CN(C(C)=O)C2CC2)cc1. The topological polar surface area (TPSA) is 61.4 Å². The van der Waals surface area contributed by atoms with Gasteiger partial charge in [0, 0.05) is 31.6 Å². The maximum absolute atomic E-state index is 11.7. The lowest BCUT2D eigenvalue weighted by Crippen LogP contribution is -2.30. The number of hydrogen-bond acceptors (Lipinski definition) is 3. The minimum Gasteiger partial charge on any atom is -0.336 e. The Labute approximate surface area is 132 Å². The van der Waals surface area contributed by atoms with E-state index in [0.717, 1.165) is 37.1 Å². The van der Waals surface area contributed by atoms with Crippen LogP contribution in [0.2, 0.25) is 0 Å². The van der Waals surface area contributed by atoms with E-state index < -0.39 is 0 Å². The van der Waals surface area contributed by atoms with Crippen LogP contribution in [0.25, 0.3) is 0 Å². The summed E-state index contributed by atoms with van der Waals surface area (Å²) in [6, 6.07) is 8.17. The highest BCUT2D eigenvalue weighted by molar-refractivity contribution is 5.90. The van der Waals surface area contributed by atoms with Crippen LogP contribution < -0.4 is 10.6 Å². The van der Waals surface area contributed by atoms with E-state index in [-0.39, 0.29) is 11.8 Å². The number of rotatable bonds is 8. The number of carbonyl (C=O) groups is 2. The average molecular weight is 303 g/mol. The zero-order valence-electron chi connectivity index (χ0n) is 13.4. The van der Waals surface area contributed by atoms with Crippen molar-refractivity contribution in [3.8, 4) is 0 Å². The van der Waals surface area contributed by atoms with E-state index in [0.29, 0.717) is 19.0 Å². The second-order valence-corrected chi connectivity index (χ2v) is 5.83. The van der Waals surface area contributed by atoms with Gasteiger partial charge in [-0.1, -0.05) is 12.1 Å². The Morgan fingerprint density at radius 1 is 1.23 bits per heavy atom. The average Bonchev–Trinajstić information content (AvgIpc) is 3.31. The molecule has 1 saturated carbocycles. The van der Waals surface area contributed by atoms with Gasteiger partial charge in [-0.15, -0.1) is 0 Å². The molecule has 1 aliphatic rings. The van der Waals surface area contributed by atoms with Gasteiger partial charge < -0.3 is 15.5 Å². The van der Waals surface area contributed by atoms with E-state index in [1.807, 2.05) is 36.2 Å². The Hall–Kier alpha value is -1.88. The van der Waals surface area contributed by atoms with E-state index in [9.17, 15) is 9.59 Å². The molecular weight excluding hydrogens is 278 g/mol. The molecule has 0 atom stereocenters. The van der Waals surface area contributed by atoms with Gasteiger partial charge in [0.1, 0.15) is 0 Å². The predicted octanol–water partition coefficient (Wildman–Crippen LogP) is 2.14. The van der Waals surface area contributed by atoms with Crippen LogP contribution in [0.4, 0.5) is 5.69 Å². The van der Waals surface area contributed by atoms with Gasteiger partial charge >= 0.3 is 0 Å². The number of carbonyl (C=O) groups excluding carboxylic acids is 2. The van der Waals surface area contributed by atoms with E-state index in [2.05, 4.69) is 10.6 Å². The second kappa shape index (κ2) is 7.94. The molecule has 0 bridgehead atoms. The summed E-state index contributed by atoms with van der Waals surface area (Å²) in [6.07, 6.45) is 3.57. The first-order valence-corrected chi connectivity index (χ1v) is 7.90. The number of hydrogen-bond donors (Lipinski definition) is 2. The van der Waals surface area contributed by atoms with Crippen molar-refractivity contribution >= 4 is 17.5 Å². The Morgan fingerprint density at radius 3 is 2.45 bits per heavy atom. The van der Waals surface area contributed by atoms with Crippen LogP contribution in [0.15, 0.2) is 24.3 Å². The fourth-order valence-electron chi connectivity index (χ4n) is 2.42. The molecule has 22 heavy (non-hydrogen) atoms. The highest BCUT2D eigenvalue weighted by Crippen LogP contribution is 2.28. The minimum atomic E-state index is 0.0337. The highest BCUT2D eigenvalue weighted by Gasteiger charge is 2.30. The van der Waals surface area contributed by atoms with Crippen LogP contribution in [0.3, 0.4) is 0 Å². The third-order valence-corrected chi connectivity index (χ3v) is 3.81. The molecule has 2 amide bonds. The number of anilines is 1. The Morgan fingerprint density at radius 2 is 1.91 bits per heavy atom. The maximum Gasteiger partial charge on any atom is 0.224 e. The largest absolute Gasteiger partial charge is 0.336 e. The molecule has 0 spiro atoms. The van der Waals surface area contributed by atoms with Crippen molar-refractivity contribution in [2.24, 2.45) is 0 Å². The van der Waals surface area contributed by atoms with Gasteiger partial charge in [-0.05, 0) is 50.6 Å². The van der Waals surface area contributed by atoms with Crippen molar-refractivity contribution in [2.75, 3.05) is 18.9 Å². The lowest BCUT2D eigenvalue weighted by molar-refractivity contribution is -0.130. The minimum absolute atomic E-state index is 0.0337. The Kier molecular flexibility index (Phi) is 5.95. The van der Waals surface area contributed by atoms with Gasteiger partial charge in [0.05, 0.1) is 0 Å². The molecule has 5 heteroatoms. The molecule has 5 nitrogen and oxygen atoms in total. The van der Waals surface area contributed by atoms with Gasteiger partial charge in [0.15, 0.2) is 0 Å². The summed E-state index contributed by atoms with van der Waals surface area (Å²) in [7, 11) is 1.88. The van der Waals surface area contributed by atoms with Crippen LogP contribution in [-0.4, -0.2) is 36.3 Å². The van der Waals surface area contributed by atoms with Gasteiger partial charge in [0.2, 0.25) is 11.8 Å². The molecule has 1 aromatic carbocycles. The van der Waals surface area contributed by atoms with E-state index >= 15 is 0 Å². The monoisotopic (exact) mass is 303 g/mol. The van der Waals surface area contributed by atoms with Gasteiger partial charge in [0.25, 0.3) is 0 Å². The molecule has 1 aromatic rings. The van der Waals surface area contributed by atoms with Crippen LogP contribution in [0, 0.1) is 0 Å². The molecule has 0 radical (unpaired) electrons. The number of amides is 2. The van der Waals surface area contributed by atoms with E-state index in [4.69, 9.17) is 0 Å². The number of nitrogens with one attached hydrogen (secondary N) is 2. The number of nitrogens with zero attached hydrogens (tertiary/aromatic N) is 1. The van der Waals surface area contributed by atoms with Crippen molar-refractivity contribution in [3.05, 3.63) is 29.8 Å². The van der Waals surface area contributed by atoms with E-state index in [1.165, 1.54) is 0 Å². The molecule has 120 valence electrons. The smallest absolute Gasteiger partial charge is 0.224 e. The Bertz CT molecular complexity index is 509. The van der Waals surface area contributed by atoms with Crippen molar-refractivity contribution in [1.29, 1.82) is 0 Å². The third-order valence-electron chi connectivity index (χ3n) is 3.81. The summed E-state index contributed by atoms with van der Waals surface area (Å²) in [4.78, 5) is 25.3. The van der Waals surface area contributed by atoms with Crippen LogP contribution in [-0.2, 0) is 16.1 Å². The fourth-order valence-corrected chi connectivity index (χ4v) is 2.42. The first-order valence-electron chi connectivity index (χ1n) is 7.90. The van der Waals surface area contributed by atoms with Crippen LogP contribution in [0.1, 0.15) is 38.2 Å². The summed E-state index contributed by atoms with van der Waals surface area (Å²) >= 11 is 0. The van der Waals surface area contributed by atoms with E-state index in [1.54, 1.807) is 6.92 Å². The molecular formula is C17H25N3O2. The molecule has 0 aromatic heterocycles. The Balaban J connectivity index is 1.84. The molecule has 2 rings (SSSR count). The zero-order valence-corrected chi connectivity index (χ0v) is 13.4. The van der Waals surface area contributed by atoms with Gasteiger partial charge in [-0.2, -0.15) is 0 Å². The molecule has 0 aliphatic heterocycles. The molecule has 2 N–H and O–H groups in total. The summed E-state index contributed by atoms with van der Waals surface area (Å²) in [5, 5.41) is 5.92. The second-order valence-electron chi connectivity index (χ2n) is 5.83. The summed E-state index contributed by atoms with van der Waals surface area (Å²) < 4.78 is 0. The first-order chi connectivity index (χ1) is 10.6. The molecule has 0 unspecified atom stereocenters. The maximum atomic E-state index is 11.7. The van der Waals surface area contributed by atoms with Gasteiger partial charge in [-0.3, -0.25) is 9.59 Å². The van der Waals surface area contributed by atoms with Gasteiger partial charge in [-0.25, -0.2) is 0 Å². The molecule has 0 saturated heterocycles. The standard InChI is InChI=1S/C17H25N3O2/c1-13(21)20(16-9-10-16)12-14-5-7-15(8-6-14)19-17(22)4-3-11-18-2/h5-8,16,18H,3-4,9-12H2,1-2H3,(H,19,22). The number of benzene rings is 1. The molecule has 1 aliphatic carbocycles. The molecule has 0 heterocycles. The third kappa shape index (κ3) is 5.15. The highest BCUT2D eigenvalue weighted by atomic mass is 16.2. The molecule has 1 fully saturated rings. The summed E-state index contributed by atoms with van der Waals surface area (Å²) in [6.45, 7) is 3.11. The lowest BCUT2D eigenvalue weighted by atomic mass is 10.2. The zero-order chi connectivity index (χ0) is 15.9. The summed E-state index contributed by atoms with van der Waals surface area (Å²) in [5.74, 6) is 0.163.